The average molecular weight is 259 g/mol. The molecule has 0 radical (unpaired) electrons. The van der Waals surface area contributed by atoms with Crippen LogP contribution in [0, 0.1) is 0 Å². The molecule has 0 amide bonds. The third-order valence-corrected chi connectivity index (χ3v) is 4.39. The molecule has 0 aromatic heterocycles. The van der Waals surface area contributed by atoms with E-state index in [1.54, 1.807) is 0 Å². The molecule has 1 aliphatic rings. The zero-order valence-corrected chi connectivity index (χ0v) is 12.4. The molecular weight excluding hydrogens is 230 g/mol. The first-order chi connectivity index (χ1) is 9.38. The Morgan fingerprint density at radius 1 is 1.00 bits per heavy atom. The highest BCUT2D eigenvalue weighted by molar-refractivity contribution is 5.15. The maximum Gasteiger partial charge on any atom is 0.0107 e. The van der Waals surface area contributed by atoms with Crippen molar-refractivity contribution in [3.8, 4) is 0 Å². The van der Waals surface area contributed by atoms with Gasteiger partial charge in [-0.25, -0.2) is 0 Å². The van der Waals surface area contributed by atoms with E-state index in [2.05, 4.69) is 42.6 Å². The molecule has 106 valence electrons. The van der Waals surface area contributed by atoms with Crippen molar-refractivity contribution in [2.75, 3.05) is 0 Å². The van der Waals surface area contributed by atoms with Gasteiger partial charge in [0, 0.05) is 12.1 Å². The summed E-state index contributed by atoms with van der Waals surface area (Å²) in [6.45, 7) is 2.31. The number of benzene rings is 1. The van der Waals surface area contributed by atoms with Gasteiger partial charge in [-0.3, -0.25) is 0 Å². The fourth-order valence-corrected chi connectivity index (χ4v) is 3.18. The van der Waals surface area contributed by atoms with Crippen LogP contribution in [-0.4, -0.2) is 12.1 Å². The molecule has 1 unspecified atom stereocenters. The van der Waals surface area contributed by atoms with Gasteiger partial charge in [0.2, 0.25) is 0 Å². The van der Waals surface area contributed by atoms with E-state index in [4.69, 9.17) is 0 Å². The van der Waals surface area contributed by atoms with Crippen LogP contribution in [0.5, 0.6) is 0 Å². The van der Waals surface area contributed by atoms with Crippen LogP contribution in [0.2, 0.25) is 0 Å². The van der Waals surface area contributed by atoms with E-state index < -0.39 is 0 Å². The van der Waals surface area contributed by atoms with E-state index in [0.29, 0.717) is 6.04 Å². The number of nitrogens with one attached hydrogen (secondary N) is 1. The van der Waals surface area contributed by atoms with Gasteiger partial charge < -0.3 is 5.32 Å². The monoisotopic (exact) mass is 259 g/mol. The molecule has 1 N–H and O–H groups in total. The second-order valence-electron chi connectivity index (χ2n) is 6.00. The number of hydrogen-bond donors (Lipinski definition) is 1. The van der Waals surface area contributed by atoms with E-state index in [-0.39, 0.29) is 0 Å². The second kappa shape index (κ2) is 8.37. The third-order valence-electron chi connectivity index (χ3n) is 4.39. The van der Waals surface area contributed by atoms with Gasteiger partial charge >= 0.3 is 0 Å². The van der Waals surface area contributed by atoms with Crippen molar-refractivity contribution in [2.45, 2.75) is 76.8 Å². The molecule has 1 fully saturated rings. The molecule has 0 heterocycles. The summed E-state index contributed by atoms with van der Waals surface area (Å²) in [5.74, 6) is 0. The topological polar surface area (TPSA) is 12.0 Å². The largest absolute Gasteiger partial charge is 0.311 e. The Bertz CT molecular complexity index is 325. The molecule has 1 atom stereocenters. The molecule has 1 nitrogen and oxygen atoms in total. The smallest absolute Gasteiger partial charge is 0.0107 e. The van der Waals surface area contributed by atoms with Crippen molar-refractivity contribution in [3.63, 3.8) is 0 Å². The zero-order chi connectivity index (χ0) is 13.3. The van der Waals surface area contributed by atoms with E-state index in [0.717, 1.165) is 6.04 Å². The maximum absolute atomic E-state index is 3.92. The molecular formula is C18H29N. The highest BCUT2D eigenvalue weighted by Crippen LogP contribution is 2.18. The molecule has 1 heteroatoms. The minimum atomic E-state index is 0.645. The molecule has 1 aliphatic carbocycles. The van der Waals surface area contributed by atoms with Crippen LogP contribution in [0.1, 0.15) is 63.9 Å². The van der Waals surface area contributed by atoms with Crippen LogP contribution < -0.4 is 5.32 Å². The third kappa shape index (κ3) is 5.36. The van der Waals surface area contributed by atoms with Gasteiger partial charge in [-0.05, 0) is 31.2 Å². The van der Waals surface area contributed by atoms with Gasteiger partial charge in [-0.2, -0.15) is 0 Å². The van der Waals surface area contributed by atoms with E-state index in [1.165, 1.54) is 63.4 Å². The van der Waals surface area contributed by atoms with Crippen LogP contribution in [0.15, 0.2) is 30.3 Å². The summed E-state index contributed by atoms with van der Waals surface area (Å²) in [5, 5.41) is 3.92. The Labute approximate surface area is 118 Å². The first kappa shape index (κ1) is 14.6. The van der Waals surface area contributed by atoms with Crippen molar-refractivity contribution in [3.05, 3.63) is 35.9 Å². The summed E-state index contributed by atoms with van der Waals surface area (Å²) in [6.07, 6.45) is 12.3. The van der Waals surface area contributed by atoms with Crippen LogP contribution in [0.4, 0.5) is 0 Å². The lowest BCUT2D eigenvalue weighted by atomic mass is 9.95. The lowest BCUT2D eigenvalue weighted by molar-refractivity contribution is 0.344. The molecule has 1 saturated carbocycles. The number of hydrogen-bond acceptors (Lipinski definition) is 1. The molecule has 0 saturated heterocycles. The normalized spacial score (nSPS) is 19.6. The van der Waals surface area contributed by atoms with Gasteiger partial charge in [0.1, 0.15) is 0 Å². The molecule has 19 heavy (non-hydrogen) atoms. The van der Waals surface area contributed by atoms with E-state index in [9.17, 15) is 0 Å². The van der Waals surface area contributed by atoms with Crippen molar-refractivity contribution >= 4 is 0 Å². The SMILES string of the molecule is CCC(Cc1ccccc1)NC1CCCCCCC1. The van der Waals surface area contributed by atoms with Crippen molar-refractivity contribution in [2.24, 2.45) is 0 Å². The quantitative estimate of drug-likeness (QED) is 0.807. The average Bonchev–Trinajstić information content (AvgIpc) is 2.41. The van der Waals surface area contributed by atoms with Gasteiger partial charge in [0.15, 0.2) is 0 Å². The summed E-state index contributed by atoms with van der Waals surface area (Å²) >= 11 is 0. The van der Waals surface area contributed by atoms with Gasteiger partial charge in [0.05, 0.1) is 0 Å². The lowest BCUT2D eigenvalue weighted by Gasteiger charge is -2.26. The zero-order valence-electron chi connectivity index (χ0n) is 12.4. The summed E-state index contributed by atoms with van der Waals surface area (Å²) in [7, 11) is 0. The Morgan fingerprint density at radius 3 is 2.26 bits per heavy atom. The molecule has 0 aliphatic heterocycles. The molecule has 1 aromatic rings. The van der Waals surface area contributed by atoms with Crippen LogP contribution in [0.25, 0.3) is 0 Å². The Balaban J connectivity index is 1.83. The Hall–Kier alpha value is -0.820. The van der Waals surface area contributed by atoms with Crippen molar-refractivity contribution < 1.29 is 0 Å². The van der Waals surface area contributed by atoms with E-state index in [1.807, 2.05) is 0 Å². The van der Waals surface area contributed by atoms with Crippen molar-refractivity contribution in [1.29, 1.82) is 0 Å². The molecule has 2 rings (SSSR count). The highest BCUT2D eigenvalue weighted by atomic mass is 14.9. The minimum Gasteiger partial charge on any atom is -0.311 e. The maximum atomic E-state index is 3.92. The number of rotatable bonds is 5. The second-order valence-corrected chi connectivity index (χ2v) is 6.00. The first-order valence-electron chi connectivity index (χ1n) is 8.18. The minimum absolute atomic E-state index is 0.645. The van der Waals surface area contributed by atoms with Crippen LogP contribution in [0.3, 0.4) is 0 Å². The van der Waals surface area contributed by atoms with Crippen molar-refractivity contribution in [1.82, 2.24) is 5.32 Å². The lowest BCUT2D eigenvalue weighted by Crippen LogP contribution is -2.39. The predicted octanol–water partition coefficient (Wildman–Crippen LogP) is 4.71. The fourth-order valence-electron chi connectivity index (χ4n) is 3.18. The first-order valence-corrected chi connectivity index (χ1v) is 8.18. The summed E-state index contributed by atoms with van der Waals surface area (Å²) in [4.78, 5) is 0. The van der Waals surface area contributed by atoms with Gasteiger partial charge in [-0.15, -0.1) is 0 Å². The predicted molar refractivity (Wildman–Crippen MR) is 83.5 cm³/mol. The Morgan fingerprint density at radius 2 is 1.63 bits per heavy atom. The van der Waals surface area contributed by atoms with Crippen LogP contribution in [-0.2, 0) is 6.42 Å². The highest BCUT2D eigenvalue weighted by Gasteiger charge is 2.15. The summed E-state index contributed by atoms with van der Waals surface area (Å²) in [6, 6.07) is 12.3. The molecule has 0 bridgehead atoms. The summed E-state index contributed by atoms with van der Waals surface area (Å²) < 4.78 is 0. The molecule has 1 aromatic carbocycles. The molecule has 0 spiro atoms. The van der Waals surface area contributed by atoms with E-state index >= 15 is 0 Å². The summed E-state index contributed by atoms with van der Waals surface area (Å²) in [5.41, 5.74) is 1.47. The van der Waals surface area contributed by atoms with Gasteiger partial charge in [-0.1, -0.05) is 69.4 Å². The van der Waals surface area contributed by atoms with Crippen LogP contribution >= 0.6 is 0 Å². The Kier molecular flexibility index (Phi) is 6.43. The fraction of sp³-hybridized carbons (Fsp3) is 0.667. The van der Waals surface area contributed by atoms with Gasteiger partial charge in [0.25, 0.3) is 0 Å². The standard InChI is InChI=1S/C18H29N/c1-2-17(15-16-11-7-6-8-12-16)19-18-13-9-4-3-5-10-14-18/h6-8,11-12,17-19H,2-5,9-10,13-15H2,1H3.